The van der Waals surface area contributed by atoms with Gasteiger partial charge in [0.05, 0.1) is 23.3 Å². The van der Waals surface area contributed by atoms with Crippen LogP contribution in [0, 0.1) is 13.8 Å². The number of ether oxygens (including phenoxy) is 1. The molecule has 0 aliphatic rings. The molecular formula is C19H22N4O3S3. The second kappa shape index (κ2) is 9.10. The van der Waals surface area contributed by atoms with Gasteiger partial charge in [-0.1, -0.05) is 17.8 Å². The molecule has 0 saturated heterocycles. The molecule has 0 unspecified atom stereocenters. The lowest BCUT2D eigenvalue weighted by Crippen LogP contribution is -2.16. The van der Waals surface area contributed by atoms with Crippen LogP contribution in [0.4, 0.5) is 5.00 Å². The zero-order valence-electron chi connectivity index (χ0n) is 16.8. The minimum absolute atomic E-state index is 0.154. The predicted octanol–water partition coefficient (Wildman–Crippen LogP) is 4.78. The number of nitrogens with zero attached hydrogens (tertiary/aromatic N) is 3. The number of thioether (sulfide) groups is 1. The topological polar surface area (TPSA) is 86.1 Å². The van der Waals surface area contributed by atoms with E-state index in [0.717, 1.165) is 21.1 Å². The molecule has 3 rings (SSSR count). The van der Waals surface area contributed by atoms with E-state index >= 15 is 0 Å². The summed E-state index contributed by atoms with van der Waals surface area (Å²) in [7, 11) is 1.33. The van der Waals surface area contributed by atoms with Crippen LogP contribution >= 0.6 is 34.4 Å². The number of aryl methyl sites for hydroxylation is 1. The summed E-state index contributed by atoms with van der Waals surface area (Å²) in [5, 5.41) is 14.6. The first-order valence-corrected chi connectivity index (χ1v) is 11.6. The molecule has 0 aromatic carbocycles. The van der Waals surface area contributed by atoms with Crippen LogP contribution < -0.4 is 5.32 Å². The van der Waals surface area contributed by atoms with E-state index in [0.29, 0.717) is 15.7 Å². The van der Waals surface area contributed by atoms with Crippen LogP contribution in [0.1, 0.15) is 40.7 Å². The van der Waals surface area contributed by atoms with Gasteiger partial charge in [-0.25, -0.2) is 4.79 Å². The summed E-state index contributed by atoms with van der Waals surface area (Å²) >= 11 is 4.30. The number of carbonyl (C=O) groups is 2. The number of rotatable bonds is 7. The van der Waals surface area contributed by atoms with E-state index in [1.54, 1.807) is 11.3 Å². The second-order valence-electron chi connectivity index (χ2n) is 6.56. The van der Waals surface area contributed by atoms with Gasteiger partial charge in [-0.3, -0.25) is 9.36 Å². The molecule has 0 aliphatic carbocycles. The zero-order valence-corrected chi connectivity index (χ0v) is 19.3. The fraction of sp³-hybridized carbons (Fsp3) is 0.368. The largest absolute Gasteiger partial charge is 0.465 e. The van der Waals surface area contributed by atoms with Crippen LogP contribution in [0.3, 0.4) is 0 Å². The normalized spacial score (nSPS) is 11.1. The average Bonchev–Trinajstić information content (AvgIpc) is 3.39. The van der Waals surface area contributed by atoms with Gasteiger partial charge in [0.1, 0.15) is 5.00 Å². The number of anilines is 1. The molecule has 154 valence electrons. The van der Waals surface area contributed by atoms with Crippen molar-refractivity contribution in [3.63, 3.8) is 0 Å². The molecule has 10 heteroatoms. The van der Waals surface area contributed by atoms with E-state index in [1.807, 2.05) is 35.9 Å². The Labute approximate surface area is 181 Å². The SMILES string of the molecule is COC(=O)c1c(NC(=O)CSc2nnc(-c3cccs3)n2C(C)C)sc(C)c1C. The molecule has 0 saturated carbocycles. The molecule has 0 bridgehead atoms. The highest BCUT2D eigenvalue weighted by Gasteiger charge is 2.22. The van der Waals surface area contributed by atoms with Crippen molar-refractivity contribution in [1.82, 2.24) is 14.8 Å². The molecule has 0 spiro atoms. The Bertz CT molecular complexity index is 1020. The van der Waals surface area contributed by atoms with Gasteiger partial charge >= 0.3 is 5.97 Å². The quantitative estimate of drug-likeness (QED) is 0.412. The molecule has 3 heterocycles. The van der Waals surface area contributed by atoms with E-state index in [9.17, 15) is 9.59 Å². The fourth-order valence-electron chi connectivity index (χ4n) is 2.77. The van der Waals surface area contributed by atoms with E-state index in [1.165, 1.54) is 30.2 Å². The second-order valence-corrected chi connectivity index (χ2v) is 9.68. The molecule has 0 atom stereocenters. The summed E-state index contributed by atoms with van der Waals surface area (Å²) in [5.41, 5.74) is 1.24. The minimum Gasteiger partial charge on any atom is -0.465 e. The molecule has 1 amide bonds. The minimum atomic E-state index is -0.449. The van der Waals surface area contributed by atoms with Crippen molar-refractivity contribution in [2.24, 2.45) is 0 Å². The third-order valence-electron chi connectivity index (χ3n) is 4.28. The third-order valence-corrected chi connectivity index (χ3v) is 7.21. The molecule has 7 nitrogen and oxygen atoms in total. The maximum Gasteiger partial charge on any atom is 0.341 e. The maximum atomic E-state index is 12.6. The van der Waals surface area contributed by atoms with Crippen molar-refractivity contribution in [2.75, 3.05) is 18.2 Å². The van der Waals surface area contributed by atoms with Gasteiger partial charge in [-0.15, -0.1) is 32.9 Å². The summed E-state index contributed by atoms with van der Waals surface area (Å²) in [6, 6.07) is 4.13. The molecule has 0 radical (unpaired) electrons. The van der Waals surface area contributed by atoms with Gasteiger partial charge < -0.3 is 10.1 Å². The van der Waals surface area contributed by atoms with Crippen LogP contribution in [0.5, 0.6) is 0 Å². The number of nitrogens with one attached hydrogen (secondary N) is 1. The van der Waals surface area contributed by atoms with E-state index < -0.39 is 5.97 Å². The van der Waals surface area contributed by atoms with E-state index in [4.69, 9.17) is 4.74 Å². The lowest BCUT2D eigenvalue weighted by molar-refractivity contribution is -0.113. The van der Waals surface area contributed by atoms with Crippen molar-refractivity contribution in [3.05, 3.63) is 33.5 Å². The zero-order chi connectivity index (χ0) is 21.1. The molecular weight excluding hydrogens is 428 g/mol. The number of hydrogen-bond acceptors (Lipinski definition) is 8. The van der Waals surface area contributed by atoms with Crippen molar-refractivity contribution < 1.29 is 14.3 Å². The first-order valence-electron chi connectivity index (χ1n) is 8.93. The molecule has 29 heavy (non-hydrogen) atoms. The third kappa shape index (κ3) is 4.54. The van der Waals surface area contributed by atoms with Gasteiger partial charge in [-0.05, 0) is 44.7 Å². The Morgan fingerprint density at radius 3 is 2.69 bits per heavy atom. The first-order chi connectivity index (χ1) is 13.8. The number of thiophene rings is 2. The highest BCUT2D eigenvalue weighted by atomic mass is 32.2. The first kappa shape index (κ1) is 21.5. The molecule has 3 aromatic rings. The van der Waals surface area contributed by atoms with Crippen molar-refractivity contribution in [3.8, 4) is 10.7 Å². The summed E-state index contributed by atoms with van der Waals surface area (Å²) in [5.74, 6) is 0.300. The molecule has 0 aliphatic heterocycles. The van der Waals surface area contributed by atoms with Crippen LogP contribution in [0.25, 0.3) is 10.7 Å². The lowest BCUT2D eigenvalue weighted by Gasteiger charge is -2.13. The van der Waals surface area contributed by atoms with Crippen molar-refractivity contribution >= 4 is 51.3 Å². The predicted molar refractivity (Wildman–Crippen MR) is 118 cm³/mol. The van der Waals surface area contributed by atoms with Crippen LogP contribution in [0.2, 0.25) is 0 Å². The smallest absolute Gasteiger partial charge is 0.341 e. The van der Waals surface area contributed by atoms with Crippen LogP contribution in [-0.4, -0.2) is 39.5 Å². The number of esters is 1. The fourth-order valence-corrected chi connectivity index (χ4v) is 5.41. The van der Waals surface area contributed by atoms with Gasteiger partial charge in [0, 0.05) is 10.9 Å². The van der Waals surface area contributed by atoms with Gasteiger partial charge in [0.15, 0.2) is 11.0 Å². The Kier molecular flexibility index (Phi) is 6.76. The van der Waals surface area contributed by atoms with Crippen LogP contribution in [-0.2, 0) is 9.53 Å². The van der Waals surface area contributed by atoms with E-state index in [2.05, 4.69) is 29.4 Å². The highest BCUT2D eigenvalue weighted by molar-refractivity contribution is 7.99. The monoisotopic (exact) mass is 450 g/mol. The Hall–Kier alpha value is -2.17. The maximum absolute atomic E-state index is 12.6. The molecule has 3 aromatic heterocycles. The Balaban J connectivity index is 1.74. The Morgan fingerprint density at radius 1 is 1.31 bits per heavy atom. The molecule has 0 fully saturated rings. The lowest BCUT2D eigenvalue weighted by atomic mass is 10.1. The van der Waals surface area contributed by atoms with Crippen LogP contribution in [0.15, 0.2) is 22.7 Å². The summed E-state index contributed by atoms with van der Waals surface area (Å²) in [6.45, 7) is 7.88. The van der Waals surface area contributed by atoms with Crippen molar-refractivity contribution in [1.29, 1.82) is 0 Å². The number of carbonyl (C=O) groups excluding carboxylic acids is 2. The molecule has 1 N–H and O–H groups in total. The highest BCUT2D eigenvalue weighted by Crippen LogP contribution is 2.34. The van der Waals surface area contributed by atoms with Gasteiger partial charge in [0.25, 0.3) is 0 Å². The number of methoxy groups -OCH3 is 1. The van der Waals surface area contributed by atoms with Gasteiger partial charge in [-0.2, -0.15) is 0 Å². The summed E-state index contributed by atoms with van der Waals surface area (Å²) in [6.07, 6.45) is 0. The van der Waals surface area contributed by atoms with Crippen molar-refractivity contribution in [2.45, 2.75) is 38.9 Å². The number of hydrogen-bond donors (Lipinski definition) is 1. The van der Waals surface area contributed by atoms with E-state index in [-0.39, 0.29) is 17.7 Å². The Morgan fingerprint density at radius 2 is 2.07 bits per heavy atom. The summed E-state index contributed by atoms with van der Waals surface area (Å²) in [4.78, 5) is 26.6. The average molecular weight is 451 g/mol. The number of aromatic nitrogens is 3. The standard InChI is InChI=1S/C19H22N4O3S3/c1-10(2)23-16(13-7-6-8-27-13)21-22-19(23)28-9-14(24)20-17-15(18(25)26-5)11(3)12(4)29-17/h6-8,10H,9H2,1-5H3,(H,20,24). The van der Waals surface area contributed by atoms with Gasteiger partial charge in [0.2, 0.25) is 5.91 Å². The summed E-state index contributed by atoms with van der Waals surface area (Å²) < 4.78 is 6.88. The number of amides is 1.